The summed E-state index contributed by atoms with van der Waals surface area (Å²) in [5.74, 6) is -2.33. The van der Waals surface area contributed by atoms with Gasteiger partial charge in [-0.3, -0.25) is 4.72 Å². The van der Waals surface area contributed by atoms with Gasteiger partial charge in [0.1, 0.15) is 12.1 Å². The highest BCUT2D eigenvalue weighted by atomic mass is 32.2. The van der Waals surface area contributed by atoms with Gasteiger partial charge in [0.2, 0.25) is 5.13 Å². The molecule has 2 aromatic rings. The van der Waals surface area contributed by atoms with Crippen molar-refractivity contribution in [1.82, 2.24) is 9.36 Å². The maximum absolute atomic E-state index is 14.1. The number of halogens is 2. The summed E-state index contributed by atoms with van der Waals surface area (Å²) in [5.41, 5.74) is 0.182. The molecule has 0 saturated carbocycles. The van der Waals surface area contributed by atoms with E-state index in [1.165, 1.54) is 14.0 Å². The van der Waals surface area contributed by atoms with Crippen LogP contribution < -0.4 is 10.0 Å². The third-order valence-corrected chi connectivity index (χ3v) is 4.62. The predicted molar refractivity (Wildman–Crippen MR) is 71.4 cm³/mol. The van der Waals surface area contributed by atoms with Gasteiger partial charge in [-0.1, -0.05) is 0 Å². The molecule has 0 unspecified atom stereocenters. The second-order valence-electron chi connectivity index (χ2n) is 3.78. The van der Waals surface area contributed by atoms with Crippen molar-refractivity contribution in [3.63, 3.8) is 0 Å². The van der Waals surface area contributed by atoms with Gasteiger partial charge in [0.05, 0.1) is 0 Å². The Morgan fingerprint density at radius 1 is 1.35 bits per heavy atom. The minimum absolute atomic E-state index is 0.00605. The Balaban J connectivity index is 2.55. The number of benzene rings is 1. The lowest BCUT2D eigenvalue weighted by atomic mass is 10.2. The number of nitrogens with one attached hydrogen (secondary N) is 2. The minimum Gasteiger partial charge on any atom is -0.388 e. The Labute approximate surface area is 118 Å². The fourth-order valence-corrected chi connectivity index (χ4v) is 3.44. The van der Waals surface area contributed by atoms with E-state index in [4.69, 9.17) is 0 Å². The lowest BCUT2D eigenvalue weighted by molar-refractivity contribution is 0.517. The highest BCUT2D eigenvalue weighted by Gasteiger charge is 2.27. The van der Waals surface area contributed by atoms with Gasteiger partial charge >= 0.3 is 0 Å². The van der Waals surface area contributed by atoms with E-state index in [0.29, 0.717) is 0 Å². The summed E-state index contributed by atoms with van der Waals surface area (Å²) < 4.78 is 57.6. The van der Waals surface area contributed by atoms with E-state index in [1.807, 2.05) is 4.72 Å². The molecule has 1 heterocycles. The van der Waals surface area contributed by atoms with Crippen molar-refractivity contribution in [3.05, 3.63) is 29.6 Å². The van der Waals surface area contributed by atoms with Crippen LogP contribution in [0.15, 0.2) is 17.3 Å². The number of hydrogen-bond donors (Lipinski definition) is 2. The first-order valence-electron chi connectivity index (χ1n) is 5.32. The maximum Gasteiger partial charge on any atom is 0.269 e. The van der Waals surface area contributed by atoms with Gasteiger partial charge in [0.25, 0.3) is 10.0 Å². The van der Waals surface area contributed by atoms with Crippen LogP contribution in [0.2, 0.25) is 0 Å². The molecule has 1 aromatic carbocycles. The Kier molecular flexibility index (Phi) is 3.86. The van der Waals surface area contributed by atoms with Gasteiger partial charge in [-0.2, -0.15) is 4.37 Å². The third kappa shape index (κ3) is 2.56. The quantitative estimate of drug-likeness (QED) is 0.900. The number of anilines is 2. The van der Waals surface area contributed by atoms with Crippen molar-refractivity contribution in [2.45, 2.75) is 11.8 Å². The predicted octanol–water partition coefficient (Wildman–Crippen LogP) is 1.97. The summed E-state index contributed by atoms with van der Waals surface area (Å²) in [6.07, 6.45) is 1.13. The molecule has 0 radical (unpaired) electrons. The highest BCUT2D eigenvalue weighted by molar-refractivity contribution is 7.93. The molecule has 0 bridgehead atoms. The van der Waals surface area contributed by atoms with Crippen LogP contribution in [0.25, 0.3) is 0 Å². The van der Waals surface area contributed by atoms with E-state index in [1.54, 1.807) is 0 Å². The highest BCUT2D eigenvalue weighted by Crippen LogP contribution is 2.29. The molecule has 0 atom stereocenters. The molecule has 1 aromatic heterocycles. The number of hydrogen-bond acceptors (Lipinski definition) is 6. The first-order chi connectivity index (χ1) is 9.36. The molecule has 108 valence electrons. The zero-order chi connectivity index (χ0) is 14.9. The molecule has 6 nitrogen and oxygen atoms in total. The number of nitrogens with zero attached hydrogens (tertiary/aromatic N) is 2. The summed E-state index contributed by atoms with van der Waals surface area (Å²) in [4.78, 5) is 2.56. The van der Waals surface area contributed by atoms with Crippen molar-refractivity contribution >= 4 is 32.4 Å². The van der Waals surface area contributed by atoms with E-state index in [0.717, 1.165) is 23.9 Å². The Bertz CT molecular complexity index is 732. The van der Waals surface area contributed by atoms with E-state index >= 15 is 0 Å². The summed E-state index contributed by atoms with van der Waals surface area (Å²) >= 11 is 0.759. The maximum atomic E-state index is 14.1. The molecule has 0 aliphatic carbocycles. The molecule has 0 saturated heterocycles. The van der Waals surface area contributed by atoms with Crippen molar-refractivity contribution < 1.29 is 17.2 Å². The summed E-state index contributed by atoms with van der Waals surface area (Å²) in [6.45, 7) is 1.35. The SMILES string of the molecule is CNc1cc(F)c(S(=O)(=O)Nc2ncns2)c(F)c1C. The van der Waals surface area contributed by atoms with Crippen LogP contribution in [0.5, 0.6) is 0 Å². The second kappa shape index (κ2) is 5.29. The van der Waals surface area contributed by atoms with Crippen LogP contribution >= 0.6 is 11.5 Å². The van der Waals surface area contributed by atoms with Gasteiger partial charge < -0.3 is 5.32 Å². The first-order valence-corrected chi connectivity index (χ1v) is 7.58. The van der Waals surface area contributed by atoms with Gasteiger partial charge in [-0.25, -0.2) is 22.2 Å². The van der Waals surface area contributed by atoms with Gasteiger partial charge in [-0.05, 0) is 13.0 Å². The van der Waals surface area contributed by atoms with Crippen LogP contribution in [-0.2, 0) is 10.0 Å². The molecule has 2 rings (SSSR count). The molecule has 0 fully saturated rings. The van der Waals surface area contributed by atoms with Crippen LogP contribution in [0.3, 0.4) is 0 Å². The van der Waals surface area contributed by atoms with Crippen LogP contribution in [0.4, 0.5) is 19.6 Å². The molecular weight excluding hydrogens is 310 g/mol. The lowest BCUT2D eigenvalue weighted by Crippen LogP contribution is -2.17. The zero-order valence-corrected chi connectivity index (χ0v) is 12.1. The molecule has 20 heavy (non-hydrogen) atoms. The molecule has 2 N–H and O–H groups in total. The number of rotatable bonds is 4. The summed E-state index contributed by atoms with van der Waals surface area (Å²) in [7, 11) is -2.93. The van der Waals surface area contributed by atoms with Crippen molar-refractivity contribution in [2.75, 3.05) is 17.1 Å². The van der Waals surface area contributed by atoms with E-state index < -0.39 is 26.6 Å². The average Bonchev–Trinajstić information content (AvgIpc) is 2.85. The molecule has 0 amide bonds. The Morgan fingerprint density at radius 3 is 2.60 bits per heavy atom. The van der Waals surface area contributed by atoms with E-state index in [9.17, 15) is 17.2 Å². The smallest absolute Gasteiger partial charge is 0.269 e. The monoisotopic (exact) mass is 320 g/mol. The van der Waals surface area contributed by atoms with Crippen molar-refractivity contribution in [2.24, 2.45) is 0 Å². The van der Waals surface area contributed by atoms with E-state index in [-0.39, 0.29) is 16.4 Å². The van der Waals surface area contributed by atoms with Crippen molar-refractivity contribution in [3.8, 4) is 0 Å². The van der Waals surface area contributed by atoms with Gasteiger partial charge in [0, 0.05) is 29.8 Å². The normalized spacial score (nSPS) is 11.4. The molecule has 0 spiro atoms. The molecular formula is C10H10F2N4O2S2. The minimum atomic E-state index is -4.41. The van der Waals surface area contributed by atoms with Gasteiger partial charge in [0.15, 0.2) is 10.7 Å². The van der Waals surface area contributed by atoms with Crippen LogP contribution in [0, 0.1) is 18.6 Å². The van der Waals surface area contributed by atoms with Crippen LogP contribution in [-0.4, -0.2) is 24.8 Å². The second-order valence-corrected chi connectivity index (χ2v) is 6.18. The number of sulfonamides is 1. The van der Waals surface area contributed by atoms with E-state index in [2.05, 4.69) is 14.7 Å². The summed E-state index contributed by atoms with van der Waals surface area (Å²) in [5, 5.41) is 2.52. The topological polar surface area (TPSA) is 84.0 Å². The van der Waals surface area contributed by atoms with Crippen LogP contribution in [0.1, 0.15) is 5.56 Å². The fraction of sp³-hybridized carbons (Fsp3) is 0.200. The lowest BCUT2D eigenvalue weighted by Gasteiger charge is -2.12. The largest absolute Gasteiger partial charge is 0.388 e. The standard InChI is InChI=1S/C10H10F2N4O2S2/c1-5-7(13-2)3-6(11)9(8(5)12)20(17,18)16-10-14-4-15-19-10/h3-4,13H,1-2H3,(H,14,15,16). The molecule has 0 aliphatic heterocycles. The van der Waals surface area contributed by atoms with Gasteiger partial charge in [-0.15, -0.1) is 0 Å². The first kappa shape index (κ1) is 14.6. The summed E-state index contributed by atoms with van der Waals surface area (Å²) in [6, 6.07) is 0.924. The zero-order valence-electron chi connectivity index (χ0n) is 10.4. The molecule has 10 heteroatoms. The molecule has 0 aliphatic rings. The number of aromatic nitrogens is 2. The Hall–Kier alpha value is -1.81. The van der Waals surface area contributed by atoms with Crippen molar-refractivity contribution in [1.29, 1.82) is 0 Å². The fourth-order valence-electron chi connectivity index (χ4n) is 1.58. The average molecular weight is 320 g/mol. The third-order valence-electron chi connectivity index (χ3n) is 2.54. The Morgan fingerprint density at radius 2 is 2.05 bits per heavy atom.